The molecule has 0 unspecified atom stereocenters. The Morgan fingerprint density at radius 3 is 2.53 bits per heavy atom. The maximum Gasteiger partial charge on any atom is 0.245 e. The summed E-state index contributed by atoms with van der Waals surface area (Å²) >= 11 is 0. The van der Waals surface area contributed by atoms with Crippen LogP contribution in [0.4, 0.5) is 5.69 Å². The third-order valence-electron chi connectivity index (χ3n) is 2.91. The van der Waals surface area contributed by atoms with Gasteiger partial charge in [-0.1, -0.05) is 30.3 Å². The number of hydrogen-bond donors (Lipinski definition) is 3. The maximum atomic E-state index is 12.0. The molecule has 4 N–H and O–H groups in total. The quantitative estimate of drug-likeness (QED) is 0.738. The molecule has 0 bridgehead atoms. The zero-order valence-corrected chi connectivity index (χ0v) is 10.6. The molecule has 0 aromatic heterocycles. The molecule has 0 saturated carbocycles. The van der Waals surface area contributed by atoms with Crippen LogP contribution in [0.15, 0.2) is 48.5 Å². The SMILES string of the molecule is Cc1cc(NC(=O)[C@@H](N)c2ccccc2)ccc1O. The smallest absolute Gasteiger partial charge is 0.245 e. The highest BCUT2D eigenvalue weighted by molar-refractivity contribution is 5.95. The number of anilines is 1. The van der Waals surface area contributed by atoms with E-state index in [1.165, 1.54) is 0 Å². The topological polar surface area (TPSA) is 75.4 Å². The lowest BCUT2D eigenvalue weighted by Gasteiger charge is -2.13. The number of rotatable bonds is 3. The summed E-state index contributed by atoms with van der Waals surface area (Å²) in [6, 6.07) is 13.3. The van der Waals surface area contributed by atoms with E-state index in [0.29, 0.717) is 11.3 Å². The Balaban J connectivity index is 2.10. The number of nitrogens with one attached hydrogen (secondary N) is 1. The predicted octanol–water partition coefficient (Wildman–Crippen LogP) is 2.34. The second kappa shape index (κ2) is 5.54. The van der Waals surface area contributed by atoms with E-state index in [1.54, 1.807) is 25.1 Å². The van der Waals surface area contributed by atoms with Crippen molar-refractivity contribution in [3.05, 3.63) is 59.7 Å². The zero-order valence-electron chi connectivity index (χ0n) is 10.6. The summed E-state index contributed by atoms with van der Waals surface area (Å²) in [4.78, 5) is 12.0. The summed E-state index contributed by atoms with van der Waals surface area (Å²) in [6.45, 7) is 1.77. The van der Waals surface area contributed by atoms with Gasteiger partial charge >= 0.3 is 0 Å². The van der Waals surface area contributed by atoms with Crippen molar-refractivity contribution in [2.24, 2.45) is 5.73 Å². The van der Waals surface area contributed by atoms with E-state index >= 15 is 0 Å². The number of hydrogen-bond acceptors (Lipinski definition) is 3. The summed E-state index contributed by atoms with van der Waals surface area (Å²) in [5.41, 5.74) is 7.97. The number of phenols is 1. The zero-order chi connectivity index (χ0) is 13.8. The van der Waals surface area contributed by atoms with E-state index < -0.39 is 6.04 Å². The van der Waals surface area contributed by atoms with Gasteiger partial charge in [0.15, 0.2) is 0 Å². The first kappa shape index (κ1) is 13.1. The van der Waals surface area contributed by atoms with Crippen LogP contribution in [-0.2, 0) is 4.79 Å². The van der Waals surface area contributed by atoms with Gasteiger partial charge in [-0.3, -0.25) is 4.79 Å². The van der Waals surface area contributed by atoms with Gasteiger partial charge in [0.1, 0.15) is 11.8 Å². The van der Waals surface area contributed by atoms with Crippen LogP contribution in [0.2, 0.25) is 0 Å². The van der Waals surface area contributed by atoms with Crippen LogP contribution in [0.25, 0.3) is 0 Å². The molecule has 1 atom stereocenters. The normalized spacial score (nSPS) is 11.9. The number of carbonyl (C=O) groups excluding carboxylic acids is 1. The van der Waals surface area contributed by atoms with Crippen molar-refractivity contribution in [1.29, 1.82) is 0 Å². The summed E-state index contributed by atoms with van der Waals surface area (Å²) in [7, 11) is 0. The molecule has 0 aliphatic heterocycles. The number of phenolic OH excluding ortho intramolecular Hbond substituents is 1. The third-order valence-corrected chi connectivity index (χ3v) is 2.91. The van der Waals surface area contributed by atoms with Crippen molar-refractivity contribution in [2.45, 2.75) is 13.0 Å². The fraction of sp³-hybridized carbons (Fsp3) is 0.133. The first-order valence-electron chi connectivity index (χ1n) is 5.99. The maximum absolute atomic E-state index is 12.0. The van der Waals surface area contributed by atoms with Crippen molar-refractivity contribution in [3.8, 4) is 5.75 Å². The van der Waals surface area contributed by atoms with Crippen molar-refractivity contribution < 1.29 is 9.90 Å². The third kappa shape index (κ3) is 3.11. The molecule has 0 aliphatic carbocycles. The average Bonchev–Trinajstić information content (AvgIpc) is 2.43. The first-order valence-corrected chi connectivity index (χ1v) is 5.99. The van der Waals surface area contributed by atoms with Gasteiger partial charge in [-0.05, 0) is 36.2 Å². The Labute approximate surface area is 111 Å². The van der Waals surface area contributed by atoms with Gasteiger partial charge in [0.05, 0.1) is 0 Å². The van der Waals surface area contributed by atoms with Crippen molar-refractivity contribution in [2.75, 3.05) is 5.32 Å². The van der Waals surface area contributed by atoms with Crippen molar-refractivity contribution in [3.63, 3.8) is 0 Å². The summed E-state index contributed by atoms with van der Waals surface area (Å²) in [5.74, 6) is -0.0818. The lowest BCUT2D eigenvalue weighted by Crippen LogP contribution is -2.27. The highest BCUT2D eigenvalue weighted by Crippen LogP contribution is 2.21. The lowest BCUT2D eigenvalue weighted by atomic mass is 10.1. The van der Waals surface area contributed by atoms with Crippen LogP contribution in [-0.4, -0.2) is 11.0 Å². The van der Waals surface area contributed by atoms with Gasteiger partial charge in [0, 0.05) is 5.69 Å². The molecule has 2 rings (SSSR count). The van der Waals surface area contributed by atoms with E-state index in [9.17, 15) is 9.90 Å². The molecule has 0 aliphatic rings. The number of carbonyl (C=O) groups is 1. The molecule has 2 aromatic rings. The second-order valence-electron chi connectivity index (χ2n) is 4.38. The van der Waals surface area contributed by atoms with E-state index in [0.717, 1.165) is 5.56 Å². The van der Waals surface area contributed by atoms with Crippen LogP contribution in [0.1, 0.15) is 17.2 Å². The van der Waals surface area contributed by atoms with Crippen molar-refractivity contribution >= 4 is 11.6 Å². The minimum Gasteiger partial charge on any atom is -0.508 e. The molecule has 0 saturated heterocycles. The molecule has 19 heavy (non-hydrogen) atoms. The molecule has 0 heterocycles. The number of aryl methyl sites for hydroxylation is 1. The number of amides is 1. The Hall–Kier alpha value is -2.33. The Morgan fingerprint density at radius 2 is 1.89 bits per heavy atom. The van der Waals surface area contributed by atoms with E-state index in [1.807, 2.05) is 30.3 Å². The van der Waals surface area contributed by atoms with E-state index in [4.69, 9.17) is 5.73 Å². The molecule has 98 valence electrons. The highest BCUT2D eigenvalue weighted by Gasteiger charge is 2.15. The summed E-state index contributed by atoms with van der Waals surface area (Å²) < 4.78 is 0. The Bertz CT molecular complexity index is 582. The minimum absolute atomic E-state index is 0.199. The van der Waals surface area contributed by atoms with Gasteiger partial charge in [-0.2, -0.15) is 0 Å². The lowest BCUT2D eigenvalue weighted by molar-refractivity contribution is -0.117. The standard InChI is InChI=1S/C15H16N2O2/c1-10-9-12(7-8-13(10)18)17-15(19)14(16)11-5-3-2-4-6-11/h2-9,14,18H,16H2,1H3,(H,17,19)/t14-/m0/s1. The molecular weight excluding hydrogens is 240 g/mol. The van der Waals surface area contributed by atoms with Crippen molar-refractivity contribution in [1.82, 2.24) is 0 Å². The van der Waals surface area contributed by atoms with Gasteiger partial charge in [0.2, 0.25) is 5.91 Å². The van der Waals surface area contributed by atoms with Gasteiger partial charge in [-0.15, -0.1) is 0 Å². The fourth-order valence-electron chi connectivity index (χ4n) is 1.76. The minimum atomic E-state index is -0.713. The largest absolute Gasteiger partial charge is 0.508 e. The van der Waals surface area contributed by atoms with E-state index in [-0.39, 0.29) is 11.7 Å². The molecule has 1 amide bonds. The monoisotopic (exact) mass is 256 g/mol. The molecule has 4 heteroatoms. The van der Waals surface area contributed by atoms with E-state index in [2.05, 4.69) is 5.32 Å². The molecule has 2 aromatic carbocycles. The fourth-order valence-corrected chi connectivity index (χ4v) is 1.76. The van der Waals surface area contributed by atoms with Crippen LogP contribution in [0.3, 0.4) is 0 Å². The Kier molecular flexibility index (Phi) is 3.82. The van der Waals surface area contributed by atoms with Crippen LogP contribution >= 0.6 is 0 Å². The van der Waals surface area contributed by atoms with Crippen LogP contribution in [0, 0.1) is 6.92 Å². The number of nitrogens with two attached hydrogens (primary N) is 1. The Morgan fingerprint density at radius 1 is 1.21 bits per heavy atom. The van der Waals surface area contributed by atoms with Gasteiger partial charge in [-0.25, -0.2) is 0 Å². The molecule has 0 fully saturated rings. The number of benzene rings is 2. The van der Waals surface area contributed by atoms with Gasteiger partial charge < -0.3 is 16.2 Å². The first-order chi connectivity index (χ1) is 9.08. The second-order valence-corrected chi connectivity index (χ2v) is 4.38. The molecule has 4 nitrogen and oxygen atoms in total. The predicted molar refractivity (Wildman–Crippen MR) is 74.8 cm³/mol. The molecule has 0 radical (unpaired) electrons. The number of aromatic hydroxyl groups is 1. The molecule has 0 spiro atoms. The van der Waals surface area contributed by atoms with Crippen LogP contribution < -0.4 is 11.1 Å². The van der Waals surface area contributed by atoms with Crippen LogP contribution in [0.5, 0.6) is 5.75 Å². The highest BCUT2D eigenvalue weighted by atomic mass is 16.3. The summed E-state index contributed by atoms with van der Waals surface area (Å²) in [5, 5.41) is 12.2. The summed E-state index contributed by atoms with van der Waals surface area (Å²) in [6.07, 6.45) is 0. The molecular formula is C15H16N2O2. The van der Waals surface area contributed by atoms with Gasteiger partial charge in [0.25, 0.3) is 0 Å². The average molecular weight is 256 g/mol.